The van der Waals surface area contributed by atoms with Gasteiger partial charge in [-0.15, -0.1) is 0 Å². The molecular formula is C18H29N. The SMILES string of the molecule is CC1CCC(C(N)c2ccccc2C(C)(C)C)CC1. The molecule has 0 heterocycles. The Morgan fingerprint density at radius 2 is 1.63 bits per heavy atom. The first-order chi connectivity index (χ1) is 8.89. The first-order valence-electron chi connectivity index (χ1n) is 7.74. The van der Waals surface area contributed by atoms with Gasteiger partial charge in [0.15, 0.2) is 0 Å². The molecule has 1 fully saturated rings. The quantitative estimate of drug-likeness (QED) is 0.810. The Morgan fingerprint density at radius 1 is 1.05 bits per heavy atom. The third-order valence-corrected chi connectivity index (χ3v) is 4.70. The van der Waals surface area contributed by atoms with Gasteiger partial charge in [-0.3, -0.25) is 0 Å². The molecule has 1 nitrogen and oxygen atoms in total. The summed E-state index contributed by atoms with van der Waals surface area (Å²) in [4.78, 5) is 0. The Labute approximate surface area is 118 Å². The molecule has 2 N–H and O–H groups in total. The van der Waals surface area contributed by atoms with Gasteiger partial charge in [0.05, 0.1) is 0 Å². The number of rotatable bonds is 2. The summed E-state index contributed by atoms with van der Waals surface area (Å²) in [7, 11) is 0. The molecule has 0 radical (unpaired) electrons. The summed E-state index contributed by atoms with van der Waals surface area (Å²) >= 11 is 0. The van der Waals surface area contributed by atoms with Crippen LogP contribution in [0, 0.1) is 11.8 Å². The lowest BCUT2D eigenvalue weighted by Crippen LogP contribution is -2.28. The van der Waals surface area contributed by atoms with Gasteiger partial charge < -0.3 is 5.73 Å². The van der Waals surface area contributed by atoms with E-state index in [-0.39, 0.29) is 11.5 Å². The Hall–Kier alpha value is -0.820. The first kappa shape index (κ1) is 14.6. The van der Waals surface area contributed by atoms with Crippen LogP contribution < -0.4 is 5.73 Å². The molecule has 1 unspecified atom stereocenters. The lowest BCUT2D eigenvalue weighted by atomic mass is 9.74. The van der Waals surface area contributed by atoms with E-state index in [1.54, 1.807) is 0 Å². The van der Waals surface area contributed by atoms with Crippen LogP contribution >= 0.6 is 0 Å². The zero-order chi connectivity index (χ0) is 14.0. The first-order valence-corrected chi connectivity index (χ1v) is 7.74. The summed E-state index contributed by atoms with van der Waals surface area (Å²) < 4.78 is 0. The fraction of sp³-hybridized carbons (Fsp3) is 0.667. The molecule has 2 rings (SSSR count). The smallest absolute Gasteiger partial charge is 0.0326 e. The van der Waals surface area contributed by atoms with Crippen molar-refractivity contribution in [3.8, 4) is 0 Å². The summed E-state index contributed by atoms with van der Waals surface area (Å²) in [5.74, 6) is 1.56. The van der Waals surface area contributed by atoms with Crippen molar-refractivity contribution in [2.75, 3.05) is 0 Å². The van der Waals surface area contributed by atoms with Gasteiger partial charge in [0.25, 0.3) is 0 Å². The third kappa shape index (κ3) is 3.39. The number of hydrogen-bond donors (Lipinski definition) is 1. The minimum atomic E-state index is 0.177. The molecule has 0 aromatic heterocycles. The Kier molecular flexibility index (Phi) is 4.35. The number of nitrogens with two attached hydrogens (primary N) is 1. The monoisotopic (exact) mass is 259 g/mol. The highest BCUT2D eigenvalue weighted by atomic mass is 14.7. The fourth-order valence-electron chi connectivity index (χ4n) is 3.37. The molecule has 1 aromatic carbocycles. The van der Waals surface area contributed by atoms with E-state index in [1.165, 1.54) is 36.8 Å². The molecule has 0 saturated heterocycles. The van der Waals surface area contributed by atoms with Gasteiger partial charge in [0, 0.05) is 6.04 Å². The topological polar surface area (TPSA) is 26.0 Å². The Bertz CT molecular complexity index is 408. The largest absolute Gasteiger partial charge is 0.324 e. The molecule has 0 aliphatic heterocycles. The van der Waals surface area contributed by atoms with Crippen LogP contribution in [-0.2, 0) is 5.41 Å². The zero-order valence-electron chi connectivity index (χ0n) is 12.9. The van der Waals surface area contributed by atoms with Crippen LogP contribution in [0.25, 0.3) is 0 Å². The molecule has 1 saturated carbocycles. The van der Waals surface area contributed by atoms with Gasteiger partial charge in [-0.2, -0.15) is 0 Å². The van der Waals surface area contributed by atoms with Crippen LogP contribution in [-0.4, -0.2) is 0 Å². The predicted octanol–water partition coefficient (Wildman–Crippen LogP) is 4.81. The van der Waals surface area contributed by atoms with Crippen molar-refractivity contribution in [1.82, 2.24) is 0 Å². The third-order valence-electron chi connectivity index (χ3n) is 4.70. The van der Waals surface area contributed by atoms with Crippen molar-refractivity contribution >= 4 is 0 Å². The van der Waals surface area contributed by atoms with Crippen LogP contribution in [0.1, 0.15) is 70.5 Å². The van der Waals surface area contributed by atoms with Crippen LogP contribution in [0.3, 0.4) is 0 Å². The van der Waals surface area contributed by atoms with Crippen molar-refractivity contribution < 1.29 is 0 Å². The minimum absolute atomic E-state index is 0.177. The van der Waals surface area contributed by atoms with E-state index in [0.717, 1.165) is 5.92 Å². The molecule has 1 aliphatic carbocycles. The maximum atomic E-state index is 6.61. The highest BCUT2D eigenvalue weighted by molar-refractivity contribution is 5.35. The van der Waals surface area contributed by atoms with Gasteiger partial charge in [-0.25, -0.2) is 0 Å². The fourth-order valence-corrected chi connectivity index (χ4v) is 3.37. The standard InChI is InChI=1S/C18H29N/c1-13-9-11-14(12-10-13)17(19)15-7-5-6-8-16(15)18(2,3)4/h5-8,13-14,17H,9-12,19H2,1-4H3. The summed E-state index contributed by atoms with van der Waals surface area (Å²) in [6.45, 7) is 9.20. The van der Waals surface area contributed by atoms with E-state index in [4.69, 9.17) is 5.73 Å². The van der Waals surface area contributed by atoms with Crippen molar-refractivity contribution in [2.45, 2.75) is 64.8 Å². The van der Waals surface area contributed by atoms with Gasteiger partial charge >= 0.3 is 0 Å². The molecule has 1 aromatic rings. The number of hydrogen-bond acceptors (Lipinski definition) is 1. The normalized spacial score (nSPS) is 26.2. The van der Waals surface area contributed by atoms with Crippen molar-refractivity contribution in [2.24, 2.45) is 17.6 Å². The van der Waals surface area contributed by atoms with Gasteiger partial charge in [0.2, 0.25) is 0 Å². The second-order valence-corrected chi connectivity index (χ2v) is 7.38. The highest BCUT2D eigenvalue weighted by Gasteiger charge is 2.28. The maximum Gasteiger partial charge on any atom is 0.0326 e. The second-order valence-electron chi connectivity index (χ2n) is 7.38. The maximum absolute atomic E-state index is 6.61. The molecule has 0 bridgehead atoms. The van der Waals surface area contributed by atoms with Gasteiger partial charge in [-0.05, 0) is 41.2 Å². The van der Waals surface area contributed by atoms with Crippen LogP contribution in [0.4, 0.5) is 0 Å². The Morgan fingerprint density at radius 3 is 2.21 bits per heavy atom. The van der Waals surface area contributed by atoms with Crippen LogP contribution in [0.15, 0.2) is 24.3 Å². The summed E-state index contributed by atoms with van der Waals surface area (Å²) in [5.41, 5.74) is 9.58. The molecule has 1 heteroatoms. The highest BCUT2D eigenvalue weighted by Crippen LogP contribution is 2.38. The van der Waals surface area contributed by atoms with Crippen molar-refractivity contribution in [1.29, 1.82) is 0 Å². The van der Waals surface area contributed by atoms with Gasteiger partial charge in [-0.1, -0.05) is 64.8 Å². The second kappa shape index (κ2) is 5.66. The number of benzene rings is 1. The van der Waals surface area contributed by atoms with Crippen LogP contribution in [0.5, 0.6) is 0 Å². The predicted molar refractivity (Wildman–Crippen MR) is 83.2 cm³/mol. The van der Waals surface area contributed by atoms with Crippen molar-refractivity contribution in [3.63, 3.8) is 0 Å². The summed E-state index contributed by atoms with van der Waals surface area (Å²) in [6.07, 6.45) is 5.27. The van der Waals surface area contributed by atoms with Crippen molar-refractivity contribution in [3.05, 3.63) is 35.4 Å². The molecule has 0 spiro atoms. The van der Waals surface area contributed by atoms with E-state index in [9.17, 15) is 0 Å². The minimum Gasteiger partial charge on any atom is -0.324 e. The molecule has 0 amide bonds. The van der Waals surface area contributed by atoms with E-state index < -0.39 is 0 Å². The van der Waals surface area contributed by atoms with Crippen LogP contribution in [0.2, 0.25) is 0 Å². The summed E-state index contributed by atoms with van der Waals surface area (Å²) in [6, 6.07) is 8.97. The molecule has 19 heavy (non-hydrogen) atoms. The molecule has 1 atom stereocenters. The molecule has 106 valence electrons. The van der Waals surface area contributed by atoms with E-state index in [0.29, 0.717) is 5.92 Å². The molecule has 1 aliphatic rings. The average molecular weight is 259 g/mol. The van der Waals surface area contributed by atoms with E-state index >= 15 is 0 Å². The lowest BCUT2D eigenvalue weighted by molar-refractivity contribution is 0.254. The summed E-state index contributed by atoms with van der Waals surface area (Å²) in [5, 5.41) is 0. The van der Waals surface area contributed by atoms with Gasteiger partial charge in [0.1, 0.15) is 0 Å². The van der Waals surface area contributed by atoms with E-state index in [1.807, 2.05) is 0 Å². The Balaban J connectivity index is 2.22. The lowest BCUT2D eigenvalue weighted by Gasteiger charge is -2.33. The molecular weight excluding hydrogens is 230 g/mol. The van der Waals surface area contributed by atoms with E-state index in [2.05, 4.69) is 52.0 Å². The zero-order valence-corrected chi connectivity index (χ0v) is 12.9. The average Bonchev–Trinajstić information content (AvgIpc) is 2.38.